The molecule has 102 valence electrons. The van der Waals surface area contributed by atoms with Crippen LogP contribution in [-0.2, 0) is 6.54 Å². The molecule has 0 spiro atoms. The monoisotopic (exact) mass is 338 g/mol. The van der Waals surface area contributed by atoms with Gasteiger partial charge in [-0.2, -0.15) is 0 Å². The Kier molecular flexibility index (Phi) is 5.58. The van der Waals surface area contributed by atoms with Crippen molar-refractivity contribution in [2.45, 2.75) is 12.6 Å². The number of benzene rings is 1. The van der Waals surface area contributed by atoms with Gasteiger partial charge in [-0.1, -0.05) is 30.3 Å². The quantitative estimate of drug-likeness (QED) is 0.859. The zero-order valence-electron chi connectivity index (χ0n) is 11.3. The molecule has 0 aliphatic carbocycles. The lowest BCUT2D eigenvalue weighted by Crippen LogP contribution is -2.30. The van der Waals surface area contributed by atoms with Crippen LogP contribution < -0.4 is 5.32 Å². The SMILES string of the molecule is CN(C)C(CNCc1ccc(Br)s1)c1ccccc1. The highest BCUT2D eigenvalue weighted by Gasteiger charge is 2.13. The number of hydrogen-bond donors (Lipinski definition) is 1. The summed E-state index contributed by atoms with van der Waals surface area (Å²) in [5, 5.41) is 3.54. The van der Waals surface area contributed by atoms with Gasteiger partial charge in [-0.15, -0.1) is 11.3 Å². The van der Waals surface area contributed by atoms with Crippen LogP contribution in [0, 0.1) is 0 Å². The Hall–Kier alpha value is -0.680. The Balaban J connectivity index is 1.91. The minimum atomic E-state index is 0.407. The minimum absolute atomic E-state index is 0.407. The van der Waals surface area contributed by atoms with Gasteiger partial charge < -0.3 is 10.2 Å². The number of nitrogens with one attached hydrogen (secondary N) is 1. The van der Waals surface area contributed by atoms with Gasteiger partial charge in [-0.05, 0) is 47.7 Å². The van der Waals surface area contributed by atoms with Crippen LogP contribution in [0.2, 0.25) is 0 Å². The maximum Gasteiger partial charge on any atom is 0.0701 e. The Morgan fingerprint density at radius 3 is 2.47 bits per heavy atom. The smallest absolute Gasteiger partial charge is 0.0701 e. The maximum atomic E-state index is 3.54. The predicted octanol–water partition coefficient (Wildman–Crippen LogP) is 3.90. The lowest BCUT2D eigenvalue weighted by molar-refractivity contribution is 0.288. The summed E-state index contributed by atoms with van der Waals surface area (Å²) in [6, 6.07) is 15.3. The van der Waals surface area contributed by atoms with E-state index in [4.69, 9.17) is 0 Å². The fourth-order valence-corrected chi connectivity index (χ4v) is 3.51. The van der Waals surface area contributed by atoms with Crippen molar-refractivity contribution in [1.29, 1.82) is 0 Å². The van der Waals surface area contributed by atoms with Gasteiger partial charge >= 0.3 is 0 Å². The van der Waals surface area contributed by atoms with E-state index in [9.17, 15) is 0 Å². The van der Waals surface area contributed by atoms with Crippen molar-refractivity contribution in [1.82, 2.24) is 10.2 Å². The molecule has 0 saturated carbocycles. The molecule has 0 aliphatic rings. The first-order valence-electron chi connectivity index (χ1n) is 6.33. The predicted molar refractivity (Wildman–Crippen MR) is 86.6 cm³/mol. The van der Waals surface area contributed by atoms with E-state index in [2.05, 4.69) is 82.7 Å². The third kappa shape index (κ3) is 4.42. The summed E-state index contributed by atoms with van der Waals surface area (Å²) in [6.07, 6.45) is 0. The molecule has 0 radical (unpaired) electrons. The summed E-state index contributed by atoms with van der Waals surface area (Å²) in [5.41, 5.74) is 1.35. The minimum Gasteiger partial charge on any atom is -0.310 e. The van der Waals surface area contributed by atoms with E-state index in [1.165, 1.54) is 14.2 Å². The highest BCUT2D eigenvalue weighted by molar-refractivity contribution is 9.11. The molecular formula is C15H19BrN2S. The third-order valence-corrected chi connectivity index (χ3v) is 4.70. The molecule has 4 heteroatoms. The largest absolute Gasteiger partial charge is 0.310 e. The molecule has 0 saturated heterocycles. The average Bonchev–Trinajstić information content (AvgIpc) is 2.81. The lowest BCUT2D eigenvalue weighted by Gasteiger charge is -2.25. The number of hydrogen-bond acceptors (Lipinski definition) is 3. The van der Waals surface area contributed by atoms with E-state index in [0.717, 1.165) is 13.1 Å². The summed E-state index contributed by atoms with van der Waals surface area (Å²) in [6.45, 7) is 1.87. The topological polar surface area (TPSA) is 15.3 Å². The first-order chi connectivity index (χ1) is 9.16. The van der Waals surface area contributed by atoms with Gasteiger partial charge in [0.05, 0.1) is 3.79 Å². The van der Waals surface area contributed by atoms with Crippen molar-refractivity contribution in [2.75, 3.05) is 20.6 Å². The summed E-state index contributed by atoms with van der Waals surface area (Å²) in [5.74, 6) is 0. The first kappa shape index (κ1) is 14.7. The first-order valence-corrected chi connectivity index (χ1v) is 7.94. The molecule has 19 heavy (non-hydrogen) atoms. The van der Waals surface area contributed by atoms with Crippen molar-refractivity contribution >= 4 is 27.3 Å². The van der Waals surface area contributed by atoms with E-state index in [-0.39, 0.29) is 0 Å². The number of likely N-dealkylation sites (N-methyl/N-ethyl adjacent to an activating group) is 1. The van der Waals surface area contributed by atoms with E-state index in [1.54, 1.807) is 11.3 Å². The van der Waals surface area contributed by atoms with Gasteiger partial charge in [0.1, 0.15) is 0 Å². The number of halogens is 1. The Morgan fingerprint density at radius 2 is 1.89 bits per heavy atom. The molecule has 0 fully saturated rings. The van der Waals surface area contributed by atoms with E-state index >= 15 is 0 Å². The summed E-state index contributed by atoms with van der Waals surface area (Å²) < 4.78 is 1.19. The molecule has 2 rings (SSSR count). The second-order valence-corrected chi connectivity index (χ2v) is 7.27. The van der Waals surface area contributed by atoms with E-state index in [1.807, 2.05) is 0 Å². The van der Waals surface area contributed by atoms with Crippen LogP contribution in [0.15, 0.2) is 46.3 Å². The molecule has 1 N–H and O–H groups in total. The zero-order chi connectivity index (χ0) is 13.7. The molecular weight excluding hydrogens is 320 g/mol. The van der Waals surface area contributed by atoms with Crippen LogP contribution in [0.4, 0.5) is 0 Å². The summed E-state index contributed by atoms with van der Waals surface area (Å²) in [7, 11) is 4.25. The molecule has 1 aromatic heterocycles. The van der Waals surface area contributed by atoms with Crippen molar-refractivity contribution in [3.05, 3.63) is 56.7 Å². The van der Waals surface area contributed by atoms with E-state index in [0.29, 0.717) is 6.04 Å². The molecule has 1 unspecified atom stereocenters. The van der Waals surface area contributed by atoms with Crippen LogP contribution in [0.3, 0.4) is 0 Å². The van der Waals surface area contributed by atoms with Crippen LogP contribution in [0.5, 0.6) is 0 Å². The Labute approximate surface area is 127 Å². The normalized spacial score (nSPS) is 12.8. The second-order valence-electron chi connectivity index (χ2n) is 4.73. The second kappa shape index (κ2) is 7.20. The average molecular weight is 339 g/mol. The van der Waals surface area contributed by atoms with Gasteiger partial charge in [-0.3, -0.25) is 0 Å². The Morgan fingerprint density at radius 1 is 1.16 bits per heavy atom. The van der Waals surface area contributed by atoms with Crippen molar-refractivity contribution in [3.63, 3.8) is 0 Å². The zero-order valence-corrected chi connectivity index (χ0v) is 13.7. The van der Waals surface area contributed by atoms with Crippen LogP contribution in [0.25, 0.3) is 0 Å². The standard InChI is InChI=1S/C15H19BrN2S/c1-18(2)14(12-6-4-3-5-7-12)11-17-10-13-8-9-15(16)19-13/h3-9,14,17H,10-11H2,1-2H3. The highest BCUT2D eigenvalue weighted by Crippen LogP contribution is 2.22. The molecule has 0 amide bonds. The Bertz CT molecular complexity index is 496. The van der Waals surface area contributed by atoms with Gasteiger partial charge in [0, 0.05) is 24.0 Å². The van der Waals surface area contributed by atoms with Gasteiger partial charge in [0.2, 0.25) is 0 Å². The molecule has 1 atom stereocenters. The molecule has 2 nitrogen and oxygen atoms in total. The molecule has 2 aromatic rings. The van der Waals surface area contributed by atoms with Gasteiger partial charge in [0.15, 0.2) is 0 Å². The van der Waals surface area contributed by atoms with Crippen molar-refractivity contribution in [2.24, 2.45) is 0 Å². The van der Waals surface area contributed by atoms with Crippen LogP contribution in [-0.4, -0.2) is 25.5 Å². The molecule has 1 heterocycles. The maximum absolute atomic E-state index is 3.54. The number of nitrogens with zero attached hydrogens (tertiary/aromatic N) is 1. The van der Waals surface area contributed by atoms with Gasteiger partial charge in [0.25, 0.3) is 0 Å². The summed E-state index contributed by atoms with van der Waals surface area (Å²) in [4.78, 5) is 3.62. The van der Waals surface area contributed by atoms with Crippen LogP contribution >= 0.6 is 27.3 Å². The molecule has 1 aromatic carbocycles. The molecule has 0 aliphatic heterocycles. The van der Waals surface area contributed by atoms with Crippen molar-refractivity contribution < 1.29 is 0 Å². The lowest BCUT2D eigenvalue weighted by atomic mass is 10.1. The van der Waals surface area contributed by atoms with E-state index < -0.39 is 0 Å². The third-order valence-electron chi connectivity index (χ3n) is 3.07. The highest BCUT2D eigenvalue weighted by atomic mass is 79.9. The number of rotatable bonds is 6. The summed E-state index contributed by atoms with van der Waals surface area (Å²) >= 11 is 5.28. The van der Waals surface area contributed by atoms with Gasteiger partial charge in [-0.25, -0.2) is 0 Å². The van der Waals surface area contributed by atoms with Crippen LogP contribution in [0.1, 0.15) is 16.5 Å². The fraction of sp³-hybridized carbons (Fsp3) is 0.333. The molecule has 0 bridgehead atoms. The fourth-order valence-electron chi connectivity index (χ4n) is 2.05. The van der Waals surface area contributed by atoms with Crippen molar-refractivity contribution in [3.8, 4) is 0 Å². The number of thiophene rings is 1.